The average Bonchev–Trinajstić information content (AvgIpc) is 2.98. The SMILES string of the molecule is O=C(O)c1nc(-n2ccnc2)cc2ccsc12. The molecule has 0 atom stereocenters. The molecule has 6 heteroatoms. The van der Waals surface area contributed by atoms with Crippen molar-refractivity contribution in [1.29, 1.82) is 0 Å². The van der Waals surface area contributed by atoms with Gasteiger partial charge in [-0.3, -0.25) is 4.57 Å². The quantitative estimate of drug-likeness (QED) is 0.751. The summed E-state index contributed by atoms with van der Waals surface area (Å²) < 4.78 is 2.38. The Morgan fingerprint density at radius 2 is 2.35 bits per heavy atom. The minimum atomic E-state index is -1.01. The van der Waals surface area contributed by atoms with Gasteiger partial charge in [0.1, 0.15) is 12.1 Å². The molecule has 0 amide bonds. The van der Waals surface area contributed by atoms with Gasteiger partial charge in [-0.25, -0.2) is 14.8 Å². The Hall–Kier alpha value is -2.21. The molecule has 0 unspecified atom stereocenters. The maximum atomic E-state index is 11.2. The lowest BCUT2D eigenvalue weighted by atomic mass is 10.2. The molecule has 0 aliphatic carbocycles. The molecule has 0 spiro atoms. The predicted molar refractivity (Wildman–Crippen MR) is 63.7 cm³/mol. The number of hydrogen-bond acceptors (Lipinski definition) is 4. The van der Waals surface area contributed by atoms with E-state index in [-0.39, 0.29) is 5.69 Å². The summed E-state index contributed by atoms with van der Waals surface area (Å²) in [5.74, 6) is -0.454. The lowest BCUT2D eigenvalue weighted by molar-refractivity contribution is 0.0693. The van der Waals surface area contributed by atoms with E-state index >= 15 is 0 Å². The van der Waals surface area contributed by atoms with Crippen molar-refractivity contribution in [3.8, 4) is 5.82 Å². The van der Waals surface area contributed by atoms with E-state index in [0.717, 1.165) is 5.39 Å². The monoisotopic (exact) mass is 245 g/mol. The molecule has 3 heterocycles. The second-order valence-corrected chi connectivity index (χ2v) is 4.36. The smallest absolute Gasteiger partial charge is 0.356 e. The number of fused-ring (bicyclic) bond motifs is 1. The maximum absolute atomic E-state index is 11.2. The van der Waals surface area contributed by atoms with Crippen LogP contribution in [0.1, 0.15) is 10.5 Å². The zero-order chi connectivity index (χ0) is 11.8. The van der Waals surface area contributed by atoms with Gasteiger partial charge in [0.2, 0.25) is 0 Å². The number of aromatic nitrogens is 3. The van der Waals surface area contributed by atoms with Gasteiger partial charge in [-0.05, 0) is 22.9 Å². The molecule has 5 nitrogen and oxygen atoms in total. The van der Waals surface area contributed by atoms with Crippen molar-refractivity contribution in [2.75, 3.05) is 0 Å². The fourth-order valence-corrected chi connectivity index (χ4v) is 2.49. The Labute approximate surface area is 100.0 Å². The fourth-order valence-electron chi connectivity index (χ4n) is 1.63. The van der Waals surface area contributed by atoms with E-state index in [9.17, 15) is 4.79 Å². The van der Waals surface area contributed by atoms with Gasteiger partial charge >= 0.3 is 5.97 Å². The van der Waals surface area contributed by atoms with Crippen LogP contribution in [0, 0.1) is 0 Å². The first kappa shape index (κ1) is 9.98. The van der Waals surface area contributed by atoms with Crippen molar-refractivity contribution in [1.82, 2.24) is 14.5 Å². The molecule has 0 saturated heterocycles. The third kappa shape index (κ3) is 1.58. The number of carboxylic acid groups (broad SMARTS) is 1. The van der Waals surface area contributed by atoms with Gasteiger partial charge in [-0.2, -0.15) is 0 Å². The molecule has 0 bridgehead atoms. The molecule has 0 aromatic carbocycles. The lowest BCUT2D eigenvalue weighted by Gasteiger charge is -2.03. The maximum Gasteiger partial charge on any atom is 0.356 e. The summed E-state index contributed by atoms with van der Waals surface area (Å²) in [5, 5.41) is 11.9. The van der Waals surface area contributed by atoms with Crippen molar-refractivity contribution < 1.29 is 9.90 Å². The summed E-state index contributed by atoms with van der Waals surface area (Å²) in [7, 11) is 0. The van der Waals surface area contributed by atoms with Gasteiger partial charge in [0.05, 0.1) is 4.70 Å². The van der Waals surface area contributed by atoms with Crippen LogP contribution >= 0.6 is 11.3 Å². The molecule has 3 aromatic heterocycles. The van der Waals surface area contributed by atoms with Crippen molar-refractivity contribution in [3.63, 3.8) is 0 Å². The van der Waals surface area contributed by atoms with Gasteiger partial charge in [-0.1, -0.05) is 0 Å². The molecule has 3 aromatic rings. The third-order valence-corrected chi connectivity index (χ3v) is 3.33. The van der Waals surface area contributed by atoms with Crippen molar-refractivity contribution in [2.45, 2.75) is 0 Å². The van der Waals surface area contributed by atoms with Crippen LogP contribution in [0.25, 0.3) is 15.9 Å². The van der Waals surface area contributed by atoms with Gasteiger partial charge in [0.25, 0.3) is 0 Å². The zero-order valence-corrected chi connectivity index (χ0v) is 9.39. The molecule has 0 radical (unpaired) electrons. The van der Waals surface area contributed by atoms with Gasteiger partial charge in [-0.15, -0.1) is 11.3 Å². The van der Waals surface area contributed by atoms with Crippen LogP contribution < -0.4 is 0 Å². The summed E-state index contributed by atoms with van der Waals surface area (Å²) >= 11 is 1.38. The highest BCUT2D eigenvalue weighted by atomic mass is 32.1. The van der Waals surface area contributed by atoms with Crippen molar-refractivity contribution >= 4 is 27.4 Å². The number of aromatic carboxylic acids is 1. The number of rotatable bonds is 2. The molecular formula is C11H7N3O2S. The molecule has 3 rings (SSSR count). The van der Waals surface area contributed by atoms with Crippen molar-refractivity contribution in [3.05, 3.63) is 41.9 Å². The summed E-state index contributed by atoms with van der Waals surface area (Å²) in [6.45, 7) is 0. The van der Waals surface area contributed by atoms with Gasteiger partial charge in [0.15, 0.2) is 5.69 Å². The summed E-state index contributed by atoms with van der Waals surface area (Å²) in [4.78, 5) is 19.2. The van der Waals surface area contributed by atoms with Crippen LogP contribution in [-0.4, -0.2) is 25.6 Å². The third-order valence-electron chi connectivity index (χ3n) is 2.39. The molecule has 1 N–H and O–H groups in total. The normalized spacial score (nSPS) is 10.8. The molecule has 84 valence electrons. The topological polar surface area (TPSA) is 68.0 Å². The number of carboxylic acids is 1. The van der Waals surface area contributed by atoms with Crippen LogP contribution in [-0.2, 0) is 0 Å². The highest BCUT2D eigenvalue weighted by Crippen LogP contribution is 2.25. The Balaban J connectivity index is 2.31. The van der Waals surface area contributed by atoms with Gasteiger partial charge < -0.3 is 5.11 Å². The molecular weight excluding hydrogens is 238 g/mol. The predicted octanol–water partition coefficient (Wildman–Crippen LogP) is 2.18. The van der Waals surface area contributed by atoms with Crippen LogP contribution in [0.5, 0.6) is 0 Å². The second kappa shape index (κ2) is 3.67. The molecule has 0 fully saturated rings. The van der Waals surface area contributed by atoms with E-state index in [1.54, 1.807) is 23.3 Å². The van der Waals surface area contributed by atoms with E-state index in [1.807, 2.05) is 17.5 Å². The highest BCUT2D eigenvalue weighted by molar-refractivity contribution is 7.17. The summed E-state index contributed by atoms with van der Waals surface area (Å²) in [6.07, 6.45) is 4.94. The number of carbonyl (C=O) groups is 1. The Bertz CT molecular complexity index is 688. The van der Waals surface area contributed by atoms with E-state index in [1.165, 1.54) is 11.3 Å². The first-order chi connectivity index (χ1) is 8.25. The van der Waals surface area contributed by atoms with Crippen LogP contribution in [0.15, 0.2) is 36.2 Å². The minimum Gasteiger partial charge on any atom is -0.476 e. The molecule has 0 aliphatic heterocycles. The summed E-state index contributed by atoms with van der Waals surface area (Å²) in [6, 6.07) is 3.73. The standard InChI is InChI=1S/C11H7N3O2S/c15-11(16)9-10-7(1-4-17-10)5-8(13-9)14-3-2-12-6-14/h1-6H,(H,15,16). The number of nitrogens with zero attached hydrogens (tertiary/aromatic N) is 3. The van der Waals surface area contributed by atoms with E-state index < -0.39 is 5.97 Å². The van der Waals surface area contributed by atoms with E-state index in [2.05, 4.69) is 9.97 Å². The Kier molecular flexibility index (Phi) is 2.15. The van der Waals surface area contributed by atoms with Gasteiger partial charge in [0, 0.05) is 12.4 Å². The number of imidazole rings is 1. The lowest BCUT2D eigenvalue weighted by Crippen LogP contribution is -2.04. The first-order valence-electron chi connectivity index (χ1n) is 4.85. The minimum absolute atomic E-state index is 0.0844. The number of hydrogen-bond donors (Lipinski definition) is 1. The van der Waals surface area contributed by atoms with E-state index in [0.29, 0.717) is 10.5 Å². The van der Waals surface area contributed by atoms with Crippen molar-refractivity contribution in [2.24, 2.45) is 0 Å². The molecule has 17 heavy (non-hydrogen) atoms. The Morgan fingerprint density at radius 1 is 1.47 bits per heavy atom. The molecule has 0 saturated carbocycles. The molecule has 0 aliphatic rings. The highest BCUT2D eigenvalue weighted by Gasteiger charge is 2.14. The Morgan fingerprint density at radius 3 is 3.06 bits per heavy atom. The van der Waals surface area contributed by atoms with Crippen LogP contribution in [0.3, 0.4) is 0 Å². The van der Waals surface area contributed by atoms with Crippen LogP contribution in [0.4, 0.5) is 0 Å². The van der Waals surface area contributed by atoms with Crippen LogP contribution in [0.2, 0.25) is 0 Å². The fraction of sp³-hybridized carbons (Fsp3) is 0. The average molecular weight is 245 g/mol. The summed E-state index contributed by atoms with van der Waals surface area (Å²) in [5.41, 5.74) is 0.0844. The second-order valence-electron chi connectivity index (χ2n) is 3.44. The number of pyridine rings is 1. The first-order valence-corrected chi connectivity index (χ1v) is 5.73. The zero-order valence-electron chi connectivity index (χ0n) is 8.57. The number of thiophene rings is 1. The van der Waals surface area contributed by atoms with E-state index in [4.69, 9.17) is 5.11 Å². The largest absolute Gasteiger partial charge is 0.476 e.